The fourth-order valence-electron chi connectivity index (χ4n) is 2.65. The van der Waals surface area contributed by atoms with E-state index in [0.29, 0.717) is 23.4 Å². The average molecular weight is 391 g/mol. The molecule has 0 aliphatic rings. The van der Waals surface area contributed by atoms with Gasteiger partial charge in [0.2, 0.25) is 0 Å². The van der Waals surface area contributed by atoms with Crippen molar-refractivity contribution in [3.63, 3.8) is 0 Å². The van der Waals surface area contributed by atoms with Gasteiger partial charge < -0.3 is 10.1 Å². The van der Waals surface area contributed by atoms with Crippen LogP contribution in [0.2, 0.25) is 0 Å². The van der Waals surface area contributed by atoms with Gasteiger partial charge >= 0.3 is 5.97 Å². The van der Waals surface area contributed by atoms with Crippen LogP contribution in [0.4, 0.5) is 5.69 Å². The maximum atomic E-state index is 12.8. The van der Waals surface area contributed by atoms with Crippen LogP contribution in [0.25, 0.3) is 0 Å². The van der Waals surface area contributed by atoms with Crippen LogP contribution >= 0.6 is 11.8 Å². The number of benzene rings is 3. The first kappa shape index (κ1) is 19.7. The summed E-state index contributed by atoms with van der Waals surface area (Å²) < 4.78 is 5.01. The lowest BCUT2D eigenvalue weighted by Gasteiger charge is -2.11. The van der Waals surface area contributed by atoms with E-state index in [1.807, 2.05) is 36.4 Å². The van der Waals surface area contributed by atoms with Gasteiger partial charge in [-0.25, -0.2) is 4.79 Å². The van der Waals surface area contributed by atoms with Crippen molar-refractivity contribution in [3.05, 3.63) is 95.6 Å². The first-order valence-electron chi connectivity index (χ1n) is 9.01. The van der Waals surface area contributed by atoms with Gasteiger partial charge in [-0.1, -0.05) is 48.5 Å². The molecule has 0 atom stereocenters. The van der Waals surface area contributed by atoms with Gasteiger partial charge in [0.15, 0.2) is 0 Å². The molecule has 4 nitrogen and oxygen atoms in total. The third-order valence-electron chi connectivity index (χ3n) is 4.00. The first-order chi connectivity index (χ1) is 13.7. The van der Waals surface area contributed by atoms with Crippen molar-refractivity contribution in [1.29, 1.82) is 0 Å². The normalized spacial score (nSPS) is 10.3. The van der Waals surface area contributed by atoms with Crippen molar-refractivity contribution >= 4 is 29.3 Å². The standard InChI is InChI=1S/C23H21NO3S/c1-2-27-23(26)18-11-8-12-19(15-18)24-22(25)20-13-6-7-14-21(20)28-16-17-9-4-3-5-10-17/h3-15H,2,16H2,1H3,(H,24,25). The molecule has 0 heterocycles. The van der Waals surface area contributed by atoms with Crippen LogP contribution in [0.1, 0.15) is 33.2 Å². The molecule has 28 heavy (non-hydrogen) atoms. The number of nitrogens with one attached hydrogen (secondary N) is 1. The highest BCUT2D eigenvalue weighted by atomic mass is 32.2. The fraction of sp³-hybridized carbons (Fsp3) is 0.130. The SMILES string of the molecule is CCOC(=O)c1cccc(NC(=O)c2ccccc2SCc2ccccc2)c1. The zero-order valence-corrected chi connectivity index (χ0v) is 16.4. The van der Waals surface area contributed by atoms with Gasteiger partial charge in [-0.15, -0.1) is 11.8 Å². The topological polar surface area (TPSA) is 55.4 Å². The fourth-order valence-corrected chi connectivity index (χ4v) is 3.66. The molecule has 1 amide bonds. The minimum absolute atomic E-state index is 0.211. The molecular formula is C23H21NO3S. The van der Waals surface area contributed by atoms with Gasteiger partial charge in [0.05, 0.1) is 17.7 Å². The second-order valence-corrected chi connectivity index (χ2v) is 7.04. The number of carbonyl (C=O) groups is 2. The quantitative estimate of drug-likeness (QED) is 0.432. The molecule has 5 heteroatoms. The van der Waals surface area contributed by atoms with E-state index >= 15 is 0 Å². The first-order valence-corrected chi connectivity index (χ1v) is 10.00. The Hall–Kier alpha value is -3.05. The van der Waals surface area contributed by atoms with E-state index in [9.17, 15) is 9.59 Å². The molecule has 0 spiro atoms. The Kier molecular flexibility index (Phi) is 6.87. The highest BCUT2D eigenvalue weighted by molar-refractivity contribution is 7.98. The maximum absolute atomic E-state index is 12.8. The number of hydrogen-bond acceptors (Lipinski definition) is 4. The van der Waals surface area contributed by atoms with Gasteiger partial charge in [-0.3, -0.25) is 4.79 Å². The molecule has 3 aromatic carbocycles. The number of anilines is 1. The molecule has 1 N–H and O–H groups in total. The molecule has 0 fully saturated rings. The summed E-state index contributed by atoms with van der Waals surface area (Å²) in [7, 11) is 0. The monoisotopic (exact) mass is 391 g/mol. The van der Waals surface area contributed by atoms with Crippen LogP contribution in [0.3, 0.4) is 0 Å². The van der Waals surface area contributed by atoms with E-state index in [2.05, 4.69) is 17.4 Å². The van der Waals surface area contributed by atoms with Crippen molar-refractivity contribution in [2.45, 2.75) is 17.6 Å². The second-order valence-electron chi connectivity index (χ2n) is 6.03. The number of thioether (sulfide) groups is 1. The lowest BCUT2D eigenvalue weighted by Crippen LogP contribution is -2.13. The maximum Gasteiger partial charge on any atom is 0.338 e. The minimum atomic E-state index is -0.405. The molecule has 0 unspecified atom stereocenters. The smallest absolute Gasteiger partial charge is 0.338 e. The van der Waals surface area contributed by atoms with Crippen molar-refractivity contribution in [2.75, 3.05) is 11.9 Å². The predicted molar refractivity (Wildman–Crippen MR) is 113 cm³/mol. The number of carbonyl (C=O) groups excluding carboxylic acids is 2. The van der Waals surface area contributed by atoms with Crippen LogP contribution < -0.4 is 5.32 Å². The van der Waals surface area contributed by atoms with E-state index < -0.39 is 5.97 Å². The molecular weight excluding hydrogens is 370 g/mol. The van der Waals surface area contributed by atoms with Crippen LogP contribution in [0.5, 0.6) is 0 Å². The largest absolute Gasteiger partial charge is 0.462 e. The summed E-state index contributed by atoms with van der Waals surface area (Å²) in [5.41, 5.74) is 2.76. The summed E-state index contributed by atoms with van der Waals surface area (Å²) in [6.45, 7) is 2.06. The minimum Gasteiger partial charge on any atom is -0.462 e. The van der Waals surface area contributed by atoms with Gasteiger partial charge in [-0.2, -0.15) is 0 Å². The molecule has 142 valence electrons. The molecule has 0 aliphatic carbocycles. The molecule has 0 bridgehead atoms. The Morgan fingerprint density at radius 3 is 2.46 bits per heavy atom. The molecule has 0 aromatic heterocycles. The molecule has 3 rings (SSSR count). The number of rotatable bonds is 7. The van der Waals surface area contributed by atoms with Crippen molar-refractivity contribution < 1.29 is 14.3 Å². The van der Waals surface area contributed by atoms with Crippen LogP contribution in [0, 0.1) is 0 Å². The van der Waals surface area contributed by atoms with E-state index in [-0.39, 0.29) is 5.91 Å². The lowest BCUT2D eigenvalue weighted by atomic mass is 10.1. The summed E-state index contributed by atoms with van der Waals surface area (Å²) in [5.74, 6) is 0.165. The molecule has 0 saturated carbocycles. The Bertz CT molecular complexity index is 957. The molecule has 0 aliphatic heterocycles. The summed E-state index contributed by atoms with van der Waals surface area (Å²) in [5, 5.41) is 2.87. The zero-order chi connectivity index (χ0) is 19.8. The van der Waals surface area contributed by atoms with Crippen LogP contribution in [0.15, 0.2) is 83.8 Å². The van der Waals surface area contributed by atoms with Crippen molar-refractivity contribution in [2.24, 2.45) is 0 Å². The molecule has 0 radical (unpaired) electrons. The van der Waals surface area contributed by atoms with E-state index in [0.717, 1.165) is 10.6 Å². The van der Waals surface area contributed by atoms with Crippen molar-refractivity contribution in [3.8, 4) is 0 Å². The molecule has 3 aromatic rings. The Labute approximate surface area is 168 Å². The van der Waals surface area contributed by atoms with Crippen molar-refractivity contribution in [1.82, 2.24) is 0 Å². The number of esters is 1. The summed E-state index contributed by atoms with van der Waals surface area (Å²) in [4.78, 5) is 25.6. The van der Waals surface area contributed by atoms with Gasteiger partial charge in [0.25, 0.3) is 5.91 Å². The highest BCUT2D eigenvalue weighted by Crippen LogP contribution is 2.27. The summed E-state index contributed by atoms with van der Waals surface area (Å²) >= 11 is 1.62. The van der Waals surface area contributed by atoms with Gasteiger partial charge in [0, 0.05) is 16.3 Å². The zero-order valence-electron chi connectivity index (χ0n) is 15.6. The Morgan fingerprint density at radius 2 is 1.68 bits per heavy atom. The Morgan fingerprint density at radius 1 is 0.929 bits per heavy atom. The van der Waals surface area contributed by atoms with Crippen LogP contribution in [-0.4, -0.2) is 18.5 Å². The summed E-state index contributed by atoms with van der Waals surface area (Å²) in [6, 6.07) is 24.4. The third-order valence-corrected chi connectivity index (χ3v) is 5.15. The number of ether oxygens (including phenoxy) is 1. The average Bonchev–Trinajstić information content (AvgIpc) is 2.73. The number of amides is 1. The highest BCUT2D eigenvalue weighted by Gasteiger charge is 2.13. The van der Waals surface area contributed by atoms with Crippen LogP contribution in [-0.2, 0) is 10.5 Å². The van der Waals surface area contributed by atoms with E-state index in [1.165, 1.54) is 5.56 Å². The van der Waals surface area contributed by atoms with Gasteiger partial charge in [-0.05, 0) is 42.8 Å². The van der Waals surface area contributed by atoms with E-state index in [1.54, 1.807) is 49.0 Å². The summed E-state index contributed by atoms with van der Waals surface area (Å²) in [6.07, 6.45) is 0. The molecule has 0 saturated heterocycles. The number of hydrogen-bond donors (Lipinski definition) is 1. The van der Waals surface area contributed by atoms with Gasteiger partial charge in [0.1, 0.15) is 0 Å². The lowest BCUT2D eigenvalue weighted by molar-refractivity contribution is 0.0526. The predicted octanol–water partition coefficient (Wildman–Crippen LogP) is 5.41. The van der Waals surface area contributed by atoms with E-state index in [4.69, 9.17) is 4.74 Å². The second kappa shape index (κ2) is 9.76. The third kappa shape index (κ3) is 5.24. The Balaban J connectivity index is 1.73.